The minimum absolute atomic E-state index is 0.319. The molecule has 0 aromatic heterocycles. The van der Waals surface area contributed by atoms with E-state index in [9.17, 15) is 0 Å². The summed E-state index contributed by atoms with van der Waals surface area (Å²) in [6.45, 7) is 0.806. The van der Waals surface area contributed by atoms with Crippen molar-refractivity contribution in [1.29, 1.82) is 0 Å². The van der Waals surface area contributed by atoms with Gasteiger partial charge in [0.15, 0.2) is 0 Å². The highest BCUT2D eigenvalue weighted by Crippen LogP contribution is 2.26. The summed E-state index contributed by atoms with van der Waals surface area (Å²) < 4.78 is 7.84. The van der Waals surface area contributed by atoms with Gasteiger partial charge in [-0.15, -0.1) is 0 Å². The molecule has 0 atom stereocenters. The molecule has 0 aliphatic heterocycles. The van der Waals surface area contributed by atoms with E-state index in [1.807, 2.05) is 0 Å². The van der Waals surface area contributed by atoms with Crippen LogP contribution >= 0.6 is 34.8 Å². The lowest BCUT2D eigenvalue weighted by Crippen LogP contribution is -2.13. The molecular formula is C3H7Cl3O2Si. The summed E-state index contributed by atoms with van der Waals surface area (Å²) in [7, 11) is 0.681. The predicted octanol–water partition coefficient (Wildman–Crippen LogP) is 0.628. The molecule has 6 heteroatoms. The van der Waals surface area contributed by atoms with Crippen LogP contribution in [0.2, 0.25) is 0 Å². The zero-order chi connectivity index (χ0) is 7.33. The van der Waals surface area contributed by atoms with Crippen LogP contribution in [-0.2, 0) is 9.16 Å². The first-order chi connectivity index (χ1) is 4.06. The van der Waals surface area contributed by atoms with E-state index in [2.05, 4.69) is 4.74 Å². The Kier molecular flexibility index (Phi) is 5.30. The van der Waals surface area contributed by atoms with E-state index in [4.69, 9.17) is 39.2 Å². The predicted molar refractivity (Wildman–Crippen MR) is 42.1 cm³/mol. The fourth-order valence-electron chi connectivity index (χ4n) is 0.241. The van der Waals surface area contributed by atoms with Crippen molar-refractivity contribution in [3.8, 4) is 0 Å². The van der Waals surface area contributed by atoms with Crippen molar-refractivity contribution < 1.29 is 9.16 Å². The number of halogens is 3. The Balaban J connectivity index is 3.07. The summed E-state index contributed by atoms with van der Waals surface area (Å²) in [5.41, 5.74) is 0. The summed E-state index contributed by atoms with van der Waals surface area (Å²) in [4.78, 5) is 0. The molecule has 0 aromatic rings. The molecule has 0 bridgehead atoms. The molecule has 0 aliphatic rings. The maximum Gasteiger partial charge on any atom is 0.297 e. The first-order valence-corrected chi connectivity index (χ1v) is 4.21. The molecule has 0 N–H and O–H groups in total. The van der Waals surface area contributed by atoms with Gasteiger partial charge in [-0.25, -0.2) is 0 Å². The Hall–Kier alpha value is 1.01. The van der Waals surface area contributed by atoms with Crippen molar-refractivity contribution in [1.82, 2.24) is 0 Å². The van der Waals surface area contributed by atoms with Crippen LogP contribution in [-0.4, -0.2) is 27.7 Å². The van der Waals surface area contributed by atoms with Gasteiger partial charge in [0.1, 0.15) is 10.5 Å². The van der Waals surface area contributed by atoms with E-state index < -0.39 is 3.98 Å². The molecule has 0 radical (unpaired) electrons. The molecule has 0 spiro atoms. The summed E-state index contributed by atoms with van der Waals surface area (Å²) in [5, 5.41) is 0. The van der Waals surface area contributed by atoms with Crippen molar-refractivity contribution in [3.05, 3.63) is 0 Å². The molecule has 0 amide bonds. The summed E-state index contributed by atoms with van der Waals surface area (Å²) in [6, 6.07) is 0. The van der Waals surface area contributed by atoms with Crippen molar-refractivity contribution >= 4 is 45.3 Å². The van der Waals surface area contributed by atoms with E-state index in [-0.39, 0.29) is 0 Å². The zero-order valence-electron chi connectivity index (χ0n) is 4.86. The van der Waals surface area contributed by atoms with Crippen molar-refractivity contribution in [2.45, 2.75) is 3.98 Å². The maximum atomic E-state index is 5.23. The summed E-state index contributed by atoms with van der Waals surface area (Å²) in [6.07, 6.45) is 0. The molecule has 0 saturated carbocycles. The van der Waals surface area contributed by atoms with Crippen LogP contribution in [0.4, 0.5) is 0 Å². The van der Waals surface area contributed by atoms with Gasteiger partial charge < -0.3 is 9.16 Å². The van der Waals surface area contributed by atoms with Crippen LogP contribution in [0, 0.1) is 0 Å². The van der Waals surface area contributed by atoms with Gasteiger partial charge in [0.25, 0.3) is 3.98 Å². The second-order valence-electron chi connectivity index (χ2n) is 1.29. The van der Waals surface area contributed by atoms with E-state index in [0.717, 1.165) is 0 Å². The van der Waals surface area contributed by atoms with Gasteiger partial charge in [-0.1, -0.05) is 34.8 Å². The Morgan fingerprint density at radius 1 is 1.22 bits per heavy atom. The largest absolute Gasteiger partial charge is 0.426 e. The van der Waals surface area contributed by atoms with Crippen molar-refractivity contribution in [2.75, 3.05) is 13.2 Å². The van der Waals surface area contributed by atoms with Gasteiger partial charge in [-0.05, 0) is 0 Å². The molecule has 0 aromatic carbocycles. The van der Waals surface area contributed by atoms with Crippen LogP contribution in [0.15, 0.2) is 0 Å². The highest BCUT2D eigenvalue weighted by atomic mass is 35.6. The smallest absolute Gasteiger partial charge is 0.297 e. The molecule has 0 fully saturated rings. The third-order valence-corrected chi connectivity index (χ3v) is 1.29. The molecule has 56 valence electrons. The highest BCUT2D eigenvalue weighted by Gasteiger charge is 2.18. The second kappa shape index (κ2) is 4.77. The number of hydrogen-bond donors (Lipinski definition) is 0. The average Bonchev–Trinajstić information content (AvgIpc) is 1.63. The fraction of sp³-hybridized carbons (Fsp3) is 1.00. The molecular weight excluding hydrogens is 202 g/mol. The Morgan fingerprint density at radius 3 is 2.11 bits per heavy atom. The lowest BCUT2D eigenvalue weighted by Gasteiger charge is -2.10. The number of hydrogen-bond acceptors (Lipinski definition) is 2. The number of rotatable bonds is 3. The zero-order valence-corrected chi connectivity index (χ0v) is 9.13. The van der Waals surface area contributed by atoms with E-state index in [1.54, 1.807) is 0 Å². The van der Waals surface area contributed by atoms with Crippen LogP contribution in [0.1, 0.15) is 0 Å². The van der Waals surface area contributed by atoms with E-state index in [0.29, 0.717) is 23.7 Å². The summed E-state index contributed by atoms with van der Waals surface area (Å²) in [5.74, 6) is 0. The van der Waals surface area contributed by atoms with Gasteiger partial charge in [-0.2, -0.15) is 0 Å². The van der Waals surface area contributed by atoms with E-state index in [1.165, 1.54) is 0 Å². The second-order valence-corrected chi connectivity index (χ2v) is 4.04. The number of ether oxygens (including phenoxy) is 1. The van der Waals surface area contributed by atoms with Crippen LogP contribution in [0.3, 0.4) is 0 Å². The topological polar surface area (TPSA) is 18.5 Å². The summed E-state index contributed by atoms with van der Waals surface area (Å²) >= 11 is 15.7. The fourth-order valence-corrected chi connectivity index (χ4v) is 0.639. The first-order valence-electron chi connectivity index (χ1n) is 2.26. The van der Waals surface area contributed by atoms with Gasteiger partial charge in [0.2, 0.25) is 0 Å². The van der Waals surface area contributed by atoms with Crippen LogP contribution in [0.5, 0.6) is 0 Å². The third-order valence-electron chi connectivity index (χ3n) is 0.553. The van der Waals surface area contributed by atoms with Gasteiger partial charge in [-0.3, -0.25) is 0 Å². The SMILES string of the molecule is [SiH3]OCCOC(Cl)(Cl)Cl. The van der Waals surface area contributed by atoms with E-state index >= 15 is 0 Å². The minimum atomic E-state index is -1.60. The molecule has 0 rings (SSSR count). The lowest BCUT2D eigenvalue weighted by molar-refractivity contribution is 0.0992. The Morgan fingerprint density at radius 2 is 1.78 bits per heavy atom. The molecule has 0 saturated heterocycles. The Labute approximate surface area is 71.9 Å². The average molecular weight is 210 g/mol. The van der Waals surface area contributed by atoms with Crippen LogP contribution in [0.25, 0.3) is 0 Å². The first kappa shape index (κ1) is 10.0. The van der Waals surface area contributed by atoms with Crippen LogP contribution < -0.4 is 0 Å². The minimum Gasteiger partial charge on any atom is -0.426 e. The third kappa shape index (κ3) is 9.01. The highest BCUT2D eigenvalue weighted by molar-refractivity contribution is 6.66. The number of alkyl halides is 3. The maximum absolute atomic E-state index is 5.23. The monoisotopic (exact) mass is 208 g/mol. The molecule has 0 aliphatic carbocycles. The molecule has 0 unspecified atom stereocenters. The lowest BCUT2D eigenvalue weighted by atomic mass is 10.8. The standard InChI is InChI=1S/C3H7Cl3O2Si/c4-3(5,6)7-1-2-8-9/h1-2H2,9H3. The van der Waals surface area contributed by atoms with Gasteiger partial charge >= 0.3 is 0 Å². The molecule has 0 heterocycles. The van der Waals surface area contributed by atoms with Gasteiger partial charge in [0.05, 0.1) is 13.2 Å². The van der Waals surface area contributed by atoms with Crippen molar-refractivity contribution in [3.63, 3.8) is 0 Å². The molecule has 9 heavy (non-hydrogen) atoms. The normalized spacial score (nSPS) is 12.3. The Bertz CT molecular complexity index is 73.9. The van der Waals surface area contributed by atoms with Crippen molar-refractivity contribution in [2.24, 2.45) is 0 Å². The quantitative estimate of drug-likeness (QED) is 0.386. The molecule has 2 nitrogen and oxygen atoms in total. The van der Waals surface area contributed by atoms with Gasteiger partial charge in [0, 0.05) is 0 Å².